The van der Waals surface area contributed by atoms with Crippen LogP contribution in [0.15, 0.2) is 84.9 Å². The summed E-state index contributed by atoms with van der Waals surface area (Å²) in [5.74, 6) is -0.315. The van der Waals surface area contributed by atoms with Gasteiger partial charge in [-0.3, -0.25) is 19.7 Å². The number of carbonyl (C=O) groups is 2. The average Bonchev–Trinajstić information content (AvgIpc) is 2.88. The van der Waals surface area contributed by atoms with Gasteiger partial charge in [0.15, 0.2) is 0 Å². The molecule has 3 aromatic carbocycles. The molecule has 0 atom stereocenters. The molecule has 4 rings (SSSR count). The van der Waals surface area contributed by atoms with Crippen molar-refractivity contribution >= 4 is 35.0 Å². The molecule has 0 spiro atoms. The van der Waals surface area contributed by atoms with E-state index in [0.29, 0.717) is 43.0 Å². The summed E-state index contributed by atoms with van der Waals surface area (Å²) >= 11 is 0. The van der Waals surface area contributed by atoms with Crippen molar-refractivity contribution in [3.05, 3.63) is 106 Å². The Morgan fingerprint density at radius 3 is 2.32 bits per heavy atom. The molecule has 1 aliphatic rings. The number of rotatable bonds is 6. The lowest BCUT2D eigenvalue weighted by Gasteiger charge is -2.37. The van der Waals surface area contributed by atoms with Crippen LogP contribution in [-0.4, -0.2) is 47.8 Å². The fourth-order valence-corrected chi connectivity index (χ4v) is 3.86. The predicted octanol–water partition coefficient (Wildman–Crippen LogP) is 4.21. The van der Waals surface area contributed by atoms with E-state index in [9.17, 15) is 19.7 Å². The molecule has 1 saturated heterocycles. The molecule has 1 N–H and O–H groups in total. The lowest BCUT2D eigenvalue weighted by atomic mass is 10.1. The van der Waals surface area contributed by atoms with Gasteiger partial charge in [0.05, 0.1) is 16.3 Å². The van der Waals surface area contributed by atoms with Crippen molar-refractivity contribution in [2.45, 2.75) is 0 Å². The smallest absolute Gasteiger partial charge is 0.270 e. The van der Waals surface area contributed by atoms with Gasteiger partial charge >= 0.3 is 0 Å². The van der Waals surface area contributed by atoms with Crippen LogP contribution in [0.5, 0.6) is 0 Å². The van der Waals surface area contributed by atoms with Crippen LogP contribution in [0.2, 0.25) is 0 Å². The number of carbonyl (C=O) groups excluding carboxylic acids is 2. The molecule has 0 aromatic heterocycles. The van der Waals surface area contributed by atoms with Crippen molar-refractivity contribution < 1.29 is 14.5 Å². The highest BCUT2D eigenvalue weighted by Crippen LogP contribution is 2.27. The van der Waals surface area contributed by atoms with E-state index in [1.807, 2.05) is 59.5 Å². The largest absolute Gasteiger partial charge is 0.366 e. The maximum absolute atomic E-state index is 12.7. The minimum Gasteiger partial charge on any atom is -0.366 e. The fraction of sp³-hybridized carbons (Fsp3) is 0.154. The third-order valence-corrected chi connectivity index (χ3v) is 5.60. The monoisotopic (exact) mass is 456 g/mol. The number of nitro groups is 1. The highest BCUT2D eigenvalue weighted by Gasteiger charge is 2.23. The first-order chi connectivity index (χ1) is 16.5. The third kappa shape index (κ3) is 5.47. The van der Waals surface area contributed by atoms with Gasteiger partial charge in [-0.15, -0.1) is 0 Å². The summed E-state index contributed by atoms with van der Waals surface area (Å²) in [6.45, 7) is 2.47. The van der Waals surface area contributed by atoms with E-state index >= 15 is 0 Å². The van der Waals surface area contributed by atoms with E-state index in [0.717, 1.165) is 5.69 Å². The summed E-state index contributed by atoms with van der Waals surface area (Å²) in [6.07, 6.45) is 2.89. The predicted molar refractivity (Wildman–Crippen MR) is 132 cm³/mol. The number of benzene rings is 3. The molecule has 8 heteroatoms. The van der Waals surface area contributed by atoms with E-state index in [2.05, 4.69) is 10.2 Å². The molecule has 1 heterocycles. The van der Waals surface area contributed by atoms with Gasteiger partial charge in [-0.1, -0.05) is 42.5 Å². The zero-order valence-corrected chi connectivity index (χ0v) is 18.5. The Bertz CT molecular complexity index is 1220. The number of nitrogens with zero attached hydrogens (tertiary/aromatic N) is 3. The third-order valence-electron chi connectivity index (χ3n) is 5.60. The van der Waals surface area contributed by atoms with Gasteiger partial charge < -0.3 is 15.1 Å². The number of non-ortho nitro benzene ring substituents is 1. The van der Waals surface area contributed by atoms with E-state index < -0.39 is 4.92 Å². The number of para-hydroxylation sites is 2. The van der Waals surface area contributed by atoms with Crippen molar-refractivity contribution in [3.63, 3.8) is 0 Å². The Hall–Kier alpha value is -4.46. The van der Waals surface area contributed by atoms with Crippen LogP contribution >= 0.6 is 0 Å². The van der Waals surface area contributed by atoms with Crippen molar-refractivity contribution in [1.82, 2.24) is 4.90 Å². The first-order valence-electron chi connectivity index (χ1n) is 10.9. The Morgan fingerprint density at radius 1 is 0.882 bits per heavy atom. The molecule has 1 fully saturated rings. The number of anilines is 2. The second kappa shape index (κ2) is 10.4. The second-order valence-corrected chi connectivity index (χ2v) is 7.84. The number of piperazine rings is 1. The normalized spacial score (nSPS) is 13.6. The topological polar surface area (TPSA) is 95.8 Å². The summed E-state index contributed by atoms with van der Waals surface area (Å²) in [5.41, 5.74) is 2.76. The Balaban J connectivity index is 1.39. The lowest BCUT2D eigenvalue weighted by Crippen LogP contribution is -2.49. The van der Waals surface area contributed by atoms with Gasteiger partial charge in [0.1, 0.15) is 0 Å². The molecule has 172 valence electrons. The standard InChI is InChI=1S/C26H24N4O4/c31-25(14-13-20-7-6-10-22(19-20)30(33)34)27-23-11-4-5-12-24(23)28-15-17-29(18-16-28)26(32)21-8-2-1-3-9-21/h1-14,19H,15-18H2,(H,27,31)/b14-13+. The molecular formula is C26H24N4O4. The van der Waals surface area contributed by atoms with E-state index in [1.54, 1.807) is 18.2 Å². The van der Waals surface area contributed by atoms with Crippen molar-refractivity contribution in [3.8, 4) is 0 Å². The number of hydrogen-bond acceptors (Lipinski definition) is 5. The van der Waals surface area contributed by atoms with Crippen LogP contribution in [0.4, 0.5) is 17.1 Å². The Morgan fingerprint density at radius 2 is 1.59 bits per heavy atom. The Kier molecular flexibility index (Phi) is 6.98. The molecule has 8 nitrogen and oxygen atoms in total. The first-order valence-corrected chi connectivity index (χ1v) is 10.9. The molecule has 3 aromatic rings. The van der Waals surface area contributed by atoms with E-state index in [-0.39, 0.29) is 17.5 Å². The van der Waals surface area contributed by atoms with Crippen LogP contribution in [0.1, 0.15) is 15.9 Å². The van der Waals surface area contributed by atoms with Crippen LogP contribution in [-0.2, 0) is 4.79 Å². The second-order valence-electron chi connectivity index (χ2n) is 7.84. The van der Waals surface area contributed by atoms with Crippen LogP contribution < -0.4 is 10.2 Å². The summed E-state index contributed by atoms with van der Waals surface area (Å²) in [7, 11) is 0. The highest BCUT2D eigenvalue weighted by atomic mass is 16.6. The van der Waals surface area contributed by atoms with Gasteiger partial charge in [0.25, 0.3) is 11.6 Å². The number of nitrogens with one attached hydrogen (secondary N) is 1. The number of hydrogen-bond donors (Lipinski definition) is 1. The van der Waals surface area contributed by atoms with E-state index in [1.165, 1.54) is 18.2 Å². The van der Waals surface area contributed by atoms with Crippen molar-refractivity contribution in [2.24, 2.45) is 0 Å². The minimum absolute atomic E-state index is 0.0214. The number of nitro benzene ring substituents is 1. The van der Waals surface area contributed by atoms with Crippen LogP contribution in [0.25, 0.3) is 6.08 Å². The van der Waals surface area contributed by atoms with Gasteiger partial charge in [-0.05, 0) is 35.9 Å². The van der Waals surface area contributed by atoms with Crippen LogP contribution in [0.3, 0.4) is 0 Å². The summed E-state index contributed by atoms with van der Waals surface area (Å²) < 4.78 is 0. The summed E-state index contributed by atoms with van der Waals surface area (Å²) in [6, 6.07) is 22.9. The molecule has 0 aliphatic carbocycles. The first kappa shape index (κ1) is 22.7. The molecule has 0 saturated carbocycles. The van der Waals surface area contributed by atoms with Crippen molar-refractivity contribution in [1.29, 1.82) is 0 Å². The van der Waals surface area contributed by atoms with Gasteiger partial charge in [-0.25, -0.2) is 0 Å². The maximum atomic E-state index is 12.7. The quantitative estimate of drug-likeness (QED) is 0.341. The highest BCUT2D eigenvalue weighted by molar-refractivity contribution is 6.04. The minimum atomic E-state index is -0.471. The molecule has 2 amide bonds. The summed E-state index contributed by atoms with van der Waals surface area (Å²) in [4.78, 5) is 39.7. The molecule has 34 heavy (non-hydrogen) atoms. The van der Waals surface area contributed by atoms with E-state index in [4.69, 9.17) is 0 Å². The Labute approximate surface area is 197 Å². The lowest BCUT2D eigenvalue weighted by molar-refractivity contribution is -0.384. The summed E-state index contributed by atoms with van der Waals surface area (Å²) in [5, 5.41) is 13.8. The van der Waals surface area contributed by atoms with Gasteiger partial charge in [0, 0.05) is 50.0 Å². The molecule has 1 aliphatic heterocycles. The van der Waals surface area contributed by atoms with Gasteiger partial charge in [0.2, 0.25) is 5.91 Å². The average molecular weight is 457 g/mol. The fourth-order valence-electron chi connectivity index (χ4n) is 3.86. The number of amides is 2. The molecule has 0 radical (unpaired) electrons. The van der Waals surface area contributed by atoms with Crippen LogP contribution in [0, 0.1) is 10.1 Å². The molecular weight excluding hydrogens is 432 g/mol. The zero-order chi connectivity index (χ0) is 23.9. The van der Waals surface area contributed by atoms with Gasteiger partial charge in [-0.2, -0.15) is 0 Å². The zero-order valence-electron chi connectivity index (χ0n) is 18.5. The SMILES string of the molecule is O=C(/C=C/c1cccc([N+](=O)[O-])c1)Nc1ccccc1N1CCN(C(=O)c2ccccc2)CC1. The molecule has 0 unspecified atom stereocenters. The maximum Gasteiger partial charge on any atom is 0.270 e. The van der Waals surface area contributed by atoms with Crippen molar-refractivity contribution in [2.75, 3.05) is 36.4 Å². The molecule has 0 bridgehead atoms.